The molecule has 0 bridgehead atoms. The Morgan fingerprint density at radius 3 is 2.20 bits per heavy atom. The van der Waals surface area contributed by atoms with Crippen LogP contribution in [-0.4, -0.2) is 9.78 Å². The molecular formula is C12H13BrN2. The van der Waals surface area contributed by atoms with E-state index in [-0.39, 0.29) is 0 Å². The van der Waals surface area contributed by atoms with Gasteiger partial charge in [0.25, 0.3) is 0 Å². The molecule has 0 saturated heterocycles. The molecule has 0 aliphatic carbocycles. The van der Waals surface area contributed by atoms with Crippen molar-refractivity contribution in [2.75, 3.05) is 0 Å². The van der Waals surface area contributed by atoms with Crippen molar-refractivity contribution in [2.24, 2.45) is 7.05 Å². The largest absolute Gasteiger partial charge is 0.275 e. The lowest BCUT2D eigenvalue weighted by Crippen LogP contribution is -1.85. The lowest BCUT2D eigenvalue weighted by Gasteiger charge is -2.06. The van der Waals surface area contributed by atoms with Crippen LogP contribution in [0.5, 0.6) is 0 Å². The number of benzene rings is 1. The van der Waals surface area contributed by atoms with Crippen molar-refractivity contribution in [2.45, 2.75) is 13.8 Å². The van der Waals surface area contributed by atoms with Crippen LogP contribution in [0.25, 0.3) is 11.1 Å². The summed E-state index contributed by atoms with van der Waals surface area (Å²) in [5, 5.41) is 4.18. The summed E-state index contributed by atoms with van der Waals surface area (Å²) in [5.74, 6) is 0. The van der Waals surface area contributed by atoms with Crippen LogP contribution in [0.4, 0.5) is 0 Å². The topological polar surface area (TPSA) is 17.8 Å². The molecule has 2 nitrogen and oxygen atoms in total. The highest BCUT2D eigenvalue weighted by Gasteiger charge is 2.05. The van der Waals surface area contributed by atoms with Crippen molar-refractivity contribution in [1.29, 1.82) is 0 Å². The predicted molar refractivity (Wildman–Crippen MR) is 65.8 cm³/mol. The Balaban J connectivity index is 2.55. The van der Waals surface area contributed by atoms with Crippen molar-refractivity contribution in [1.82, 2.24) is 9.78 Å². The van der Waals surface area contributed by atoms with Crippen LogP contribution >= 0.6 is 15.9 Å². The fourth-order valence-electron chi connectivity index (χ4n) is 1.68. The quantitative estimate of drug-likeness (QED) is 0.772. The standard InChI is InChI=1S/C12H13BrN2/c1-8-4-10(5-9(2)12(8)13)11-6-14-15(3)7-11/h4-7H,1-3H3. The highest BCUT2D eigenvalue weighted by atomic mass is 79.9. The van der Waals surface area contributed by atoms with Gasteiger partial charge in [-0.05, 0) is 30.5 Å². The van der Waals surface area contributed by atoms with Crippen molar-refractivity contribution in [3.63, 3.8) is 0 Å². The van der Waals surface area contributed by atoms with Gasteiger partial charge in [0.15, 0.2) is 0 Å². The first-order valence-electron chi connectivity index (χ1n) is 4.83. The molecule has 1 heterocycles. The number of hydrogen-bond donors (Lipinski definition) is 0. The maximum absolute atomic E-state index is 4.18. The minimum Gasteiger partial charge on any atom is -0.275 e. The summed E-state index contributed by atoms with van der Waals surface area (Å²) in [6.07, 6.45) is 3.92. The van der Waals surface area contributed by atoms with Crippen LogP contribution in [0, 0.1) is 13.8 Å². The van der Waals surface area contributed by atoms with E-state index in [1.54, 1.807) is 0 Å². The number of nitrogens with zero attached hydrogens (tertiary/aromatic N) is 2. The molecule has 78 valence electrons. The highest BCUT2D eigenvalue weighted by Crippen LogP contribution is 2.27. The molecule has 0 amide bonds. The van der Waals surface area contributed by atoms with Crippen molar-refractivity contribution >= 4 is 15.9 Å². The summed E-state index contributed by atoms with van der Waals surface area (Å²) in [6, 6.07) is 4.35. The van der Waals surface area contributed by atoms with Gasteiger partial charge in [0, 0.05) is 23.3 Å². The van der Waals surface area contributed by atoms with Crippen molar-refractivity contribution in [3.8, 4) is 11.1 Å². The SMILES string of the molecule is Cc1cc(-c2cnn(C)c2)cc(C)c1Br. The molecule has 3 heteroatoms. The molecule has 15 heavy (non-hydrogen) atoms. The fourth-order valence-corrected chi connectivity index (χ4v) is 1.91. The molecule has 0 aliphatic rings. The molecule has 0 N–H and O–H groups in total. The molecule has 0 fully saturated rings. The molecule has 2 rings (SSSR count). The van der Waals surface area contributed by atoms with E-state index in [2.05, 4.69) is 47.0 Å². The third-order valence-electron chi connectivity index (χ3n) is 2.47. The lowest BCUT2D eigenvalue weighted by atomic mass is 10.0. The summed E-state index contributed by atoms with van der Waals surface area (Å²) < 4.78 is 3.01. The van der Waals surface area contributed by atoms with Crippen LogP contribution in [-0.2, 0) is 7.05 Å². The van der Waals surface area contributed by atoms with E-state index in [9.17, 15) is 0 Å². The van der Waals surface area contributed by atoms with Crippen LogP contribution in [0.2, 0.25) is 0 Å². The number of halogens is 1. The molecular weight excluding hydrogens is 252 g/mol. The Morgan fingerprint density at radius 1 is 1.13 bits per heavy atom. The molecule has 1 aromatic heterocycles. The average molecular weight is 265 g/mol. The molecule has 0 atom stereocenters. The number of aromatic nitrogens is 2. The highest BCUT2D eigenvalue weighted by molar-refractivity contribution is 9.10. The van der Waals surface area contributed by atoms with Crippen LogP contribution in [0.15, 0.2) is 29.0 Å². The maximum atomic E-state index is 4.18. The number of rotatable bonds is 1. The number of hydrogen-bond acceptors (Lipinski definition) is 1. The maximum Gasteiger partial charge on any atom is 0.0568 e. The van der Waals surface area contributed by atoms with E-state index in [1.807, 2.05) is 24.1 Å². The molecule has 0 saturated carbocycles. The van der Waals surface area contributed by atoms with Crippen LogP contribution in [0.3, 0.4) is 0 Å². The first-order valence-corrected chi connectivity index (χ1v) is 5.63. The molecule has 0 spiro atoms. The smallest absolute Gasteiger partial charge is 0.0568 e. The van der Waals surface area contributed by atoms with Crippen LogP contribution in [0.1, 0.15) is 11.1 Å². The monoisotopic (exact) mass is 264 g/mol. The van der Waals surface area contributed by atoms with Gasteiger partial charge in [0.1, 0.15) is 0 Å². The zero-order valence-electron chi connectivity index (χ0n) is 9.08. The van der Waals surface area contributed by atoms with E-state index >= 15 is 0 Å². The Hall–Kier alpha value is -1.09. The minimum absolute atomic E-state index is 1.16. The van der Waals surface area contributed by atoms with Gasteiger partial charge in [0.05, 0.1) is 6.20 Å². The normalized spacial score (nSPS) is 10.7. The van der Waals surface area contributed by atoms with Crippen molar-refractivity contribution in [3.05, 3.63) is 40.1 Å². The minimum atomic E-state index is 1.16. The molecule has 0 aliphatic heterocycles. The van der Waals surface area contributed by atoms with E-state index in [0.717, 1.165) is 5.56 Å². The van der Waals surface area contributed by atoms with E-state index < -0.39 is 0 Å². The van der Waals surface area contributed by atoms with Gasteiger partial charge in [-0.2, -0.15) is 5.10 Å². The summed E-state index contributed by atoms with van der Waals surface area (Å²) in [4.78, 5) is 0. The van der Waals surface area contributed by atoms with Crippen LogP contribution < -0.4 is 0 Å². The Morgan fingerprint density at radius 2 is 1.73 bits per heavy atom. The van der Waals surface area contributed by atoms with Gasteiger partial charge < -0.3 is 0 Å². The molecule has 2 aromatic rings. The second kappa shape index (κ2) is 3.81. The van der Waals surface area contributed by atoms with E-state index in [0.29, 0.717) is 0 Å². The summed E-state index contributed by atoms with van der Waals surface area (Å²) in [5.41, 5.74) is 4.90. The average Bonchev–Trinajstić information content (AvgIpc) is 2.60. The van der Waals surface area contributed by atoms with Gasteiger partial charge >= 0.3 is 0 Å². The van der Waals surface area contributed by atoms with Crippen molar-refractivity contribution < 1.29 is 0 Å². The predicted octanol–water partition coefficient (Wildman–Crippen LogP) is 3.47. The third kappa shape index (κ3) is 1.97. The number of aryl methyl sites for hydroxylation is 3. The first kappa shape index (κ1) is 10.4. The first-order chi connectivity index (χ1) is 7.08. The van der Waals surface area contributed by atoms with E-state index in [4.69, 9.17) is 0 Å². The van der Waals surface area contributed by atoms with Gasteiger partial charge in [-0.1, -0.05) is 28.1 Å². The molecule has 0 radical (unpaired) electrons. The second-order valence-electron chi connectivity index (χ2n) is 3.83. The van der Waals surface area contributed by atoms with Gasteiger partial charge in [0.2, 0.25) is 0 Å². The zero-order chi connectivity index (χ0) is 11.0. The van der Waals surface area contributed by atoms with Gasteiger partial charge in [-0.3, -0.25) is 4.68 Å². The summed E-state index contributed by atoms with van der Waals surface area (Å²) >= 11 is 3.57. The summed E-state index contributed by atoms with van der Waals surface area (Å²) in [6.45, 7) is 4.22. The van der Waals surface area contributed by atoms with Gasteiger partial charge in [-0.25, -0.2) is 0 Å². The summed E-state index contributed by atoms with van der Waals surface area (Å²) in [7, 11) is 1.93. The Kier molecular flexibility index (Phi) is 2.65. The van der Waals surface area contributed by atoms with E-state index in [1.165, 1.54) is 21.2 Å². The second-order valence-corrected chi connectivity index (χ2v) is 4.62. The lowest BCUT2D eigenvalue weighted by molar-refractivity contribution is 0.768. The Bertz CT molecular complexity index is 477. The fraction of sp³-hybridized carbons (Fsp3) is 0.250. The van der Waals surface area contributed by atoms with Gasteiger partial charge in [-0.15, -0.1) is 0 Å². The third-order valence-corrected chi connectivity index (χ3v) is 3.73. The zero-order valence-corrected chi connectivity index (χ0v) is 10.7. The Labute approximate surface area is 98.1 Å². The molecule has 0 unspecified atom stereocenters. The molecule has 1 aromatic carbocycles.